The van der Waals surface area contributed by atoms with Crippen LogP contribution in [0.5, 0.6) is 0 Å². The quantitative estimate of drug-likeness (QED) is 0.816. The van der Waals surface area contributed by atoms with Crippen molar-refractivity contribution in [3.05, 3.63) is 24.0 Å². The normalized spacial score (nSPS) is 22.9. The molecule has 5 nitrogen and oxygen atoms in total. The van der Waals surface area contributed by atoms with Crippen LogP contribution < -0.4 is 0 Å². The van der Waals surface area contributed by atoms with Crippen molar-refractivity contribution in [1.29, 1.82) is 0 Å². The van der Waals surface area contributed by atoms with Crippen molar-refractivity contribution < 1.29 is 13.2 Å². The van der Waals surface area contributed by atoms with Crippen molar-refractivity contribution >= 4 is 9.84 Å². The third kappa shape index (κ3) is 4.07. The fraction of sp³-hybridized carbons (Fsp3) is 0.714. The van der Waals surface area contributed by atoms with Crippen LogP contribution in [0.15, 0.2) is 18.3 Å². The minimum atomic E-state index is -2.92. The topological polar surface area (TPSA) is 51.5 Å². The molecular weight excluding hydrogens is 276 g/mol. The highest BCUT2D eigenvalue weighted by atomic mass is 32.2. The summed E-state index contributed by atoms with van der Waals surface area (Å²) in [4.78, 5) is 2.34. The summed E-state index contributed by atoms with van der Waals surface area (Å²) in [6.45, 7) is 5.02. The van der Waals surface area contributed by atoms with E-state index in [1.54, 1.807) is 0 Å². The molecule has 2 rings (SSSR count). The summed E-state index contributed by atoms with van der Waals surface area (Å²) in [5, 5.41) is 0. The molecule has 0 saturated carbocycles. The van der Waals surface area contributed by atoms with Crippen LogP contribution >= 0.6 is 0 Å². The molecule has 0 N–H and O–H groups in total. The lowest BCUT2D eigenvalue weighted by molar-refractivity contribution is -0.0156. The van der Waals surface area contributed by atoms with E-state index in [0.29, 0.717) is 13.2 Å². The molecule has 0 bridgehead atoms. The first-order valence-electron chi connectivity index (χ1n) is 6.97. The molecule has 1 aliphatic rings. The van der Waals surface area contributed by atoms with Crippen molar-refractivity contribution in [3.63, 3.8) is 0 Å². The number of nitrogens with zero attached hydrogens (tertiary/aromatic N) is 2. The summed E-state index contributed by atoms with van der Waals surface area (Å²) < 4.78 is 30.5. The van der Waals surface area contributed by atoms with E-state index in [-0.39, 0.29) is 17.7 Å². The van der Waals surface area contributed by atoms with Crippen LogP contribution in [-0.2, 0) is 21.6 Å². The first-order valence-corrected chi connectivity index (χ1v) is 9.03. The molecule has 2 atom stereocenters. The Morgan fingerprint density at radius 3 is 2.85 bits per heavy atom. The molecule has 1 aromatic heterocycles. The monoisotopic (exact) mass is 300 g/mol. The van der Waals surface area contributed by atoms with Gasteiger partial charge in [-0.15, -0.1) is 0 Å². The highest BCUT2D eigenvalue weighted by Gasteiger charge is 2.27. The Hall–Kier alpha value is -0.850. The Morgan fingerprint density at radius 2 is 2.25 bits per heavy atom. The summed E-state index contributed by atoms with van der Waals surface area (Å²) in [6, 6.07) is 4.35. The van der Waals surface area contributed by atoms with Gasteiger partial charge in [0.15, 0.2) is 0 Å². The number of rotatable bonds is 5. The highest BCUT2D eigenvalue weighted by Crippen LogP contribution is 2.25. The zero-order chi connectivity index (χ0) is 14.8. The molecule has 0 aliphatic carbocycles. The summed E-state index contributed by atoms with van der Waals surface area (Å²) in [5.74, 6) is 0.371. The minimum Gasteiger partial charge on any atom is -0.378 e. The maximum atomic E-state index is 11.4. The second-order valence-electron chi connectivity index (χ2n) is 5.83. The van der Waals surface area contributed by atoms with Gasteiger partial charge < -0.3 is 9.30 Å². The molecule has 1 aromatic rings. The van der Waals surface area contributed by atoms with Crippen LogP contribution in [-0.4, -0.2) is 56.2 Å². The lowest BCUT2D eigenvalue weighted by Crippen LogP contribution is -2.43. The third-order valence-electron chi connectivity index (χ3n) is 3.70. The molecule has 1 fully saturated rings. The van der Waals surface area contributed by atoms with Crippen molar-refractivity contribution in [3.8, 4) is 0 Å². The first-order chi connectivity index (χ1) is 9.37. The Bertz CT molecular complexity index is 538. The molecule has 0 amide bonds. The maximum Gasteiger partial charge on any atom is 0.147 e. The lowest BCUT2D eigenvalue weighted by atomic mass is 10.1. The van der Waals surface area contributed by atoms with Crippen molar-refractivity contribution in [2.24, 2.45) is 13.0 Å². The van der Waals surface area contributed by atoms with Crippen LogP contribution in [0.2, 0.25) is 0 Å². The van der Waals surface area contributed by atoms with Crippen molar-refractivity contribution in [2.75, 3.05) is 38.3 Å². The molecule has 0 unspecified atom stereocenters. The average Bonchev–Trinajstić information content (AvgIpc) is 2.73. The molecule has 0 spiro atoms. The minimum absolute atomic E-state index is 0.130. The largest absolute Gasteiger partial charge is 0.378 e. The summed E-state index contributed by atoms with van der Waals surface area (Å²) >= 11 is 0. The number of aryl methyl sites for hydroxylation is 1. The molecule has 0 aromatic carbocycles. The van der Waals surface area contributed by atoms with Crippen LogP contribution in [0.4, 0.5) is 0 Å². The van der Waals surface area contributed by atoms with Gasteiger partial charge in [0.2, 0.25) is 0 Å². The van der Waals surface area contributed by atoms with Gasteiger partial charge in [0.25, 0.3) is 0 Å². The van der Waals surface area contributed by atoms with Gasteiger partial charge in [-0.05, 0) is 18.1 Å². The molecule has 1 aliphatic heterocycles. The summed E-state index contributed by atoms with van der Waals surface area (Å²) in [6.07, 6.45) is 3.33. The van der Waals surface area contributed by atoms with Gasteiger partial charge in [-0.1, -0.05) is 6.92 Å². The SMILES string of the molecule is C[C@@H](CN1CCOC[C@H]1c1cccn1C)CS(C)(=O)=O. The fourth-order valence-electron chi connectivity index (χ4n) is 2.92. The maximum absolute atomic E-state index is 11.4. The predicted octanol–water partition coefficient (Wildman–Crippen LogP) is 1.08. The lowest BCUT2D eigenvalue weighted by Gasteiger charge is -2.37. The Morgan fingerprint density at radius 1 is 1.50 bits per heavy atom. The molecule has 2 heterocycles. The molecule has 1 saturated heterocycles. The number of aromatic nitrogens is 1. The molecule has 20 heavy (non-hydrogen) atoms. The van der Waals surface area contributed by atoms with Gasteiger partial charge in [0, 0.05) is 38.3 Å². The Kier molecular flexibility index (Phi) is 4.88. The standard InChI is InChI=1S/C14H24N2O3S/c1-12(11-20(3,17)18)9-16-7-8-19-10-14(16)13-5-4-6-15(13)2/h4-6,12,14H,7-11H2,1-3H3/t12-,14-/m0/s1. The van der Waals surface area contributed by atoms with E-state index in [1.165, 1.54) is 11.9 Å². The molecule has 6 heteroatoms. The van der Waals surface area contributed by atoms with Gasteiger partial charge in [-0.2, -0.15) is 0 Å². The Balaban J connectivity index is 2.06. The highest BCUT2D eigenvalue weighted by molar-refractivity contribution is 7.90. The van der Waals surface area contributed by atoms with Crippen LogP contribution in [0.25, 0.3) is 0 Å². The second-order valence-corrected chi connectivity index (χ2v) is 8.01. The predicted molar refractivity (Wildman–Crippen MR) is 79.4 cm³/mol. The number of sulfone groups is 1. The molecule has 114 valence electrons. The van der Waals surface area contributed by atoms with Crippen molar-refractivity contribution in [1.82, 2.24) is 9.47 Å². The van der Waals surface area contributed by atoms with Crippen LogP contribution in [0.3, 0.4) is 0 Å². The smallest absolute Gasteiger partial charge is 0.147 e. The van der Waals surface area contributed by atoms with Gasteiger partial charge in [0.05, 0.1) is 25.0 Å². The van der Waals surface area contributed by atoms with E-state index in [1.807, 2.05) is 26.2 Å². The van der Waals surface area contributed by atoms with Gasteiger partial charge in [-0.25, -0.2) is 8.42 Å². The molecule has 0 radical (unpaired) electrons. The zero-order valence-corrected chi connectivity index (χ0v) is 13.3. The van der Waals surface area contributed by atoms with Gasteiger partial charge >= 0.3 is 0 Å². The number of morpholine rings is 1. The van der Waals surface area contributed by atoms with E-state index in [2.05, 4.69) is 15.5 Å². The summed E-state index contributed by atoms with van der Waals surface area (Å²) in [5.41, 5.74) is 1.22. The van der Waals surface area contributed by atoms with E-state index >= 15 is 0 Å². The summed E-state index contributed by atoms with van der Waals surface area (Å²) in [7, 11) is -0.887. The van der Waals surface area contributed by atoms with E-state index < -0.39 is 9.84 Å². The van der Waals surface area contributed by atoms with Crippen molar-refractivity contribution in [2.45, 2.75) is 13.0 Å². The van der Waals surface area contributed by atoms with Gasteiger partial charge in [0.1, 0.15) is 9.84 Å². The number of hydrogen-bond donors (Lipinski definition) is 0. The second kappa shape index (κ2) is 6.28. The first kappa shape index (κ1) is 15.5. The molecular formula is C14H24N2O3S. The van der Waals surface area contributed by atoms with E-state index in [0.717, 1.165) is 13.1 Å². The number of hydrogen-bond acceptors (Lipinski definition) is 4. The average molecular weight is 300 g/mol. The van der Waals surface area contributed by atoms with Gasteiger partial charge in [-0.3, -0.25) is 4.90 Å². The van der Waals surface area contributed by atoms with Crippen LogP contribution in [0.1, 0.15) is 18.7 Å². The number of ether oxygens (including phenoxy) is 1. The fourth-order valence-corrected chi connectivity index (χ4v) is 4.06. The zero-order valence-electron chi connectivity index (χ0n) is 12.4. The Labute approximate surface area is 121 Å². The third-order valence-corrected chi connectivity index (χ3v) is 4.87. The van der Waals surface area contributed by atoms with E-state index in [4.69, 9.17) is 4.74 Å². The van der Waals surface area contributed by atoms with Crippen LogP contribution in [0, 0.1) is 5.92 Å². The van der Waals surface area contributed by atoms with E-state index in [9.17, 15) is 8.42 Å².